The molecule has 0 spiro atoms. The van der Waals surface area contributed by atoms with Crippen molar-refractivity contribution in [2.75, 3.05) is 31.5 Å². The summed E-state index contributed by atoms with van der Waals surface area (Å²) in [5, 5.41) is 5.42. The van der Waals surface area contributed by atoms with Crippen LogP contribution in [0.2, 0.25) is 5.02 Å². The zero-order valence-corrected chi connectivity index (χ0v) is 20.7. The number of carbonyl (C=O) groups is 1. The Morgan fingerprint density at radius 3 is 2.80 bits per heavy atom. The number of para-hydroxylation sites is 1. The Morgan fingerprint density at radius 2 is 1.97 bits per heavy atom. The summed E-state index contributed by atoms with van der Waals surface area (Å²) in [5.74, 6) is 0.688. The van der Waals surface area contributed by atoms with Gasteiger partial charge in [-0.2, -0.15) is 0 Å². The van der Waals surface area contributed by atoms with Gasteiger partial charge in [0.2, 0.25) is 11.9 Å². The Balaban J connectivity index is 1.22. The van der Waals surface area contributed by atoms with Gasteiger partial charge in [-0.3, -0.25) is 9.69 Å². The topological polar surface area (TPSA) is 77.2 Å². The zero-order chi connectivity index (χ0) is 24.0. The molecule has 35 heavy (non-hydrogen) atoms. The fraction of sp³-hybridized carbons (Fsp3) is 0.444. The molecular formula is C27H31ClN6O. The number of hydrogen-bond acceptors (Lipinski definition) is 5. The normalized spacial score (nSPS) is 26.7. The molecule has 1 saturated heterocycles. The molecule has 7 nitrogen and oxygen atoms in total. The second kappa shape index (κ2) is 8.64. The Labute approximate surface area is 210 Å². The van der Waals surface area contributed by atoms with E-state index in [9.17, 15) is 4.79 Å². The van der Waals surface area contributed by atoms with E-state index in [1.807, 2.05) is 23.2 Å². The van der Waals surface area contributed by atoms with Crippen LogP contribution in [-0.2, 0) is 4.79 Å². The standard InChI is InChI=1S/C27H31ClN6O/c1-2-23(35)33-12-14-34(15-13-33)27-9-5-8-26(18-27,10-11-27)32-25-30-17-21(28)24(31-25)20-16-29-22-7-4-3-6-19(20)22/h2-4,6-7,16-17,29H,1,5,8-15,18H2,(H,30,31,32)/t26-,27+/m0/s1. The summed E-state index contributed by atoms with van der Waals surface area (Å²) < 4.78 is 0. The molecule has 2 bridgehead atoms. The van der Waals surface area contributed by atoms with Crippen LogP contribution in [0.15, 0.2) is 49.3 Å². The monoisotopic (exact) mass is 490 g/mol. The smallest absolute Gasteiger partial charge is 0.246 e. The second-order valence-corrected chi connectivity index (χ2v) is 10.7. The molecule has 3 aliphatic rings. The highest BCUT2D eigenvalue weighted by Gasteiger charge is 2.54. The highest BCUT2D eigenvalue weighted by atomic mass is 35.5. The maximum Gasteiger partial charge on any atom is 0.246 e. The predicted octanol–water partition coefficient (Wildman–Crippen LogP) is 4.87. The molecule has 2 aromatic heterocycles. The minimum Gasteiger partial charge on any atom is -0.360 e. The van der Waals surface area contributed by atoms with Gasteiger partial charge in [-0.25, -0.2) is 9.97 Å². The first kappa shape index (κ1) is 22.6. The van der Waals surface area contributed by atoms with Crippen molar-refractivity contribution in [1.82, 2.24) is 24.8 Å². The predicted molar refractivity (Wildman–Crippen MR) is 139 cm³/mol. The van der Waals surface area contributed by atoms with Gasteiger partial charge in [-0.05, 0) is 50.7 Å². The van der Waals surface area contributed by atoms with E-state index in [0.29, 0.717) is 11.0 Å². The minimum absolute atomic E-state index is 0.00235. The molecule has 1 aliphatic heterocycles. The lowest BCUT2D eigenvalue weighted by molar-refractivity contribution is -0.129. The Kier molecular flexibility index (Phi) is 5.57. The van der Waals surface area contributed by atoms with Crippen molar-refractivity contribution < 1.29 is 4.79 Å². The number of nitrogens with zero attached hydrogens (tertiary/aromatic N) is 4. The molecule has 3 heterocycles. The molecule has 3 aromatic rings. The third-order valence-electron chi connectivity index (χ3n) is 8.44. The third-order valence-corrected chi connectivity index (χ3v) is 8.71. The lowest BCUT2D eigenvalue weighted by Crippen LogP contribution is -2.59. The Morgan fingerprint density at radius 1 is 1.14 bits per heavy atom. The second-order valence-electron chi connectivity index (χ2n) is 10.3. The summed E-state index contributed by atoms with van der Waals surface area (Å²) in [7, 11) is 0. The largest absolute Gasteiger partial charge is 0.360 e. The van der Waals surface area contributed by atoms with Crippen LogP contribution >= 0.6 is 11.6 Å². The van der Waals surface area contributed by atoms with Crippen LogP contribution in [0.5, 0.6) is 0 Å². The first-order valence-electron chi connectivity index (χ1n) is 12.5. The third kappa shape index (κ3) is 3.91. The van der Waals surface area contributed by atoms with Crippen molar-refractivity contribution in [2.45, 2.75) is 49.6 Å². The maximum atomic E-state index is 12.0. The van der Waals surface area contributed by atoms with Crippen LogP contribution in [0.25, 0.3) is 22.2 Å². The molecule has 2 N–H and O–H groups in total. The summed E-state index contributed by atoms with van der Waals surface area (Å²) in [5.41, 5.74) is 3.00. The van der Waals surface area contributed by atoms with Crippen molar-refractivity contribution in [3.8, 4) is 11.3 Å². The number of hydrogen-bond donors (Lipinski definition) is 2. The summed E-state index contributed by atoms with van der Waals surface area (Å²) in [6.45, 7) is 7.05. The van der Waals surface area contributed by atoms with Crippen LogP contribution in [0.4, 0.5) is 5.95 Å². The van der Waals surface area contributed by atoms with Crippen molar-refractivity contribution in [1.29, 1.82) is 0 Å². The average molecular weight is 491 g/mol. The SMILES string of the molecule is C=CC(=O)N1CCN([C@]23CCC[C@](Nc4ncc(Cl)c(-c5c[nH]c6ccccc56)n4)(CC2)C3)CC1. The highest BCUT2D eigenvalue weighted by Crippen LogP contribution is 2.52. The van der Waals surface area contributed by atoms with Gasteiger partial charge >= 0.3 is 0 Å². The first-order valence-corrected chi connectivity index (χ1v) is 12.9. The van der Waals surface area contributed by atoms with Gasteiger partial charge in [-0.1, -0.05) is 36.4 Å². The van der Waals surface area contributed by atoms with E-state index in [1.54, 1.807) is 6.20 Å². The molecular weight excluding hydrogens is 460 g/mol. The quantitative estimate of drug-likeness (QED) is 0.499. The fourth-order valence-electron chi connectivity index (χ4n) is 6.71. The Bertz CT molecular complexity index is 1280. The van der Waals surface area contributed by atoms with Crippen LogP contribution in [0.1, 0.15) is 38.5 Å². The zero-order valence-electron chi connectivity index (χ0n) is 19.9. The van der Waals surface area contributed by atoms with Gasteiger partial charge in [0.15, 0.2) is 0 Å². The number of H-pyrrole nitrogens is 1. The van der Waals surface area contributed by atoms with E-state index in [2.05, 4.69) is 38.9 Å². The van der Waals surface area contributed by atoms with Gasteiger partial charge in [0.05, 0.1) is 16.9 Å². The van der Waals surface area contributed by atoms with Crippen molar-refractivity contribution in [3.63, 3.8) is 0 Å². The van der Waals surface area contributed by atoms with Gasteiger partial charge < -0.3 is 15.2 Å². The summed E-state index contributed by atoms with van der Waals surface area (Å²) in [6.07, 6.45) is 12.0. The molecule has 1 aromatic carbocycles. The number of carbonyl (C=O) groups excluding carboxylic acids is 1. The number of piperazine rings is 1. The minimum atomic E-state index is -0.00235. The number of halogens is 1. The number of anilines is 1. The van der Waals surface area contributed by atoms with Crippen LogP contribution < -0.4 is 5.32 Å². The summed E-state index contributed by atoms with van der Waals surface area (Å²) in [6, 6.07) is 8.18. The van der Waals surface area contributed by atoms with E-state index in [0.717, 1.165) is 74.0 Å². The highest BCUT2D eigenvalue weighted by molar-refractivity contribution is 6.33. The fourth-order valence-corrected chi connectivity index (χ4v) is 6.90. The Hall–Kier alpha value is -2.90. The van der Waals surface area contributed by atoms with Gasteiger partial charge in [0.1, 0.15) is 0 Å². The number of aromatic nitrogens is 3. The van der Waals surface area contributed by atoms with E-state index < -0.39 is 0 Å². The summed E-state index contributed by atoms with van der Waals surface area (Å²) in [4.78, 5) is 29.4. The average Bonchev–Trinajstić information content (AvgIpc) is 3.43. The molecule has 0 unspecified atom stereocenters. The number of nitrogens with one attached hydrogen (secondary N) is 2. The molecule has 6 rings (SSSR count). The molecule has 1 amide bonds. The van der Waals surface area contributed by atoms with Crippen molar-refractivity contribution in [2.24, 2.45) is 0 Å². The number of aromatic amines is 1. The lowest BCUT2D eigenvalue weighted by Gasteiger charge is -2.49. The molecule has 2 atom stereocenters. The van der Waals surface area contributed by atoms with E-state index in [1.165, 1.54) is 18.9 Å². The van der Waals surface area contributed by atoms with Crippen LogP contribution in [-0.4, -0.2) is 67.9 Å². The number of amides is 1. The maximum absolute atomic E-state index is 12.0. The number of rotatable bonds is 5. The van der Waals surface area contributed by atoms with Gasteiger partial charge in [0, 0.05) is 59.9 Å². The van der Waals surface area contributed by atoms with Crippen molar-refractivity contribution in [3.05, 3.63) is 54.3 Å². The van der Waals surface area contributed by atoms with Crippen molar-refractivity contribution >= 4 is 34.4 Å². The molecule has 3 fully saturated rings. The van der Waals surface area contributed by atoms with E-state index in [-0.39, 0.29) is 17.0 Å². The first-order chi connectivity index (χ1) is 17.0. The molecule has 2 saturated carbocycles. The molecule has 182 valence electrons. The number of fused-ring (bicyclic) bond motifs is 3. The van der Waals surface area contributed by atoms with Crippen LogP contribution in [0, 0.1) is 0 Å². The van der Waals surface area contributed by atoms with Gasteiger partial charge in [-0.15, -0.1) is 0 Å². The molecule has 0 radical (unpaired) electrons. The molecule has 8 heteroatoms. The van der Waals surface area contributed by atoms with Crippen LogP contribution in [0.3, 0.4) is 0 Å². The number of benzene rings is 1. The summed E-state index contributed by atoms with van der Waals surface area (Å²) >= 11 is 6.57. The van der Waals surface area contributed by atoms with Gasteiger partial charge in [0.25, 0.3) is 0 Å². The van der Waals surface area contributed by atoms with E-state index in [4.69, 9.17) is 16.6 Å². The lowest BCUT2D eigenvalue weighted by atomic mass is 9.77. The van der Waals surface area contributed by atoms with E-state index >= 15 is 0 Å². The molecule has 2 aliphatic carbocycles.